The predicted octanol–water partition coefficient (Wildman–Crippen LogP) is 5.89. The van der Waals surface area contributed by atoms with Crippen LogP contribution in [0.5, 0.6) is 0 Å². The van der Waals surface area contributed by atoms with E-state index in [4.69, 9.17) is 0 Å². The average Bonchev–Trinajstić information content (AvgIpc) is 3.28. The zero-order valence-corrected chi connectivity index (χ0v) is 23.9. The van der Waals surface area contributed by atoms with Crippen LogP contribution in [-0.4, -0.2) is 66.6 Å². The second kappa shape index (κ2) is 12.6. The van der Waals surface area contributed by atoms with Gasteiger partial charge in [0.25, 0.3) is 5.91 Å². The summed E-state index contributed by atoms with van der Waals surface area (Å²) in [7, 11) is 0. The first-order valence-electron chi connectivity index (χ1n) is 15.1. The minimum absolute atomic E-state index is 0.0545. The lowest BCUT2D eigenvalue weighted by Crippen LogP contribution is -2.42. The van der Waals surface area contributed by atoms with Gasteiger partial charge in [0.15, 0.2) is 6.67 Å². The number of rotatable bonds is 10. The van der Waals surface area contributed by atoms with Gasteiger partial charge in [0.05, 0.1) is 0 Å². The minimum atomic E-state index is -3.62. The number of amides is 2. The topological polar surface area (TPSA) is 52.7 Å². The highest BCUT2D eigenvalue weighted by molar-refractivity contribution is 5.94. The van der Waals surface area contributed by atoms with Crippen LogP contribution in [0.1, 0.15) is 61.4 Å². The molecule has 222 valence electrons. The van der Waals surface area contributed by atoms with Gasteiger partial charge in [0.2, 0.25) is 5.91 Å². The molecule has 4 aliphatic rings. The number of likely N-dealkylation sites (tertiary alicyclic amines) is 2. The number of halogens is 3. The fourth-order valence-corrected chi connectivity index (χ4v) is 7.23. The molecule has 2 amide bonds. The van der Waals surface area contributed by atoms with Crippen LogP contribution < -0.4 is 5.32 Å². The van der Waals surface area contributed by atoms with Crippen LogP contribution in [0.15, 0.2) is 60.7 Å². The fraction of sp³-hybridized carbons (Fsp3) is 0.576. The number of carbonyl (C=O) groups excluding carboxylic acids is 2. The molecule has 8 heteroatoms. The Labute approximate surface area is 241 Å². The van der Waals surface area contributed by atoms with E-state index in [-0.39, 0.29) is 29.3 Å². The molecule has 5 rings (SSSR count). The first kappa shape index (κ1) is 29.6. The van der Waals surface area contributed by atoms with Crippen molar-refractivity contribution in [2.24, 2.45) is 23.7 Å². The summed E-state index contributed by atoms with van der Waals surface area (Å²) in [6.07, 6.45) is 14.9. The lowest BCUT2D eigenvalue weighted by molar-refractivity contribution is -0.124. The van der Waals surface area contributed by atoms with Crippen LogP contribution in [0.25, 0.3) is 0 Å². The van der Waals surface area contributed by atoms with E-state index >= 15 is 0 Å². The van der Waals surface area contributed by atoms with Gasteiger partial charge in [-0.3, -0.25) is 14.5 Å². The molecule has 1 N–H and O–H groups in total. The third-order valence-electron chi connectivity index (χ3n) is 9.67. The highest BCUT2D eigenvalue weighted by atomic mass is 19.3. The zero-order valence-electron chi connectivity index (χ0n) is 23.9. The molecule has 2 saturated carbocycles. The van der Waals surface area contributed by atoms with Gasteiger partial charge >= 0.3 is 5.92 Å². The van der Waals surface area contributed by atoms with E-state index in [2.05, 4.69) is 28.9 Å². The van der Waals surface area contributed by atoms with E-state index in [1.54, 1.807) is 4.90 Å². The number of allylic oxidation sites excluding steroid dienone is 5. The summed E-state index contributed by atoms with van der Waals surface area (Å²) in [5, 5.41) is 3.15. The van der Waals surface area contributed by atoms with Crippen LogP contribution in [-0.2, 0) is 10.7 Å². The third-order valence-corrected chi connectivity index (χ3v) is 9.67. The number of alkyl halides is 3. The Bertz CT molecular complexity index is 1180. The van der Waals surface area contributed by atoms with E-state index in [1.165, 1.54) is 43.4 Å². The van der Waals surface area contributed by atoms with Crippen molar-refractivity contribution in [2.45, 2.75) is 63.5 Å². The first-order chi connectivity index (χ1) is 19.7. The number of hydrogen-bond acceptors (Lipinski definition) is 3. The summed E-state index contributed by atoms with van der Waals surface area (Å²) in [6.45, 7) is 6.96. The largest absolute Gasteiger partial charge is 0.351 e. The van der Waals surface area contributed by atoms with Crippen LogP contribution in [0, 0.1) is 23.7 Å². The van der Waals surface area contributed by atoms with Crippen molar-refractivity contribution in [3.8, 4) is 0 Å². The number of nitrogens with zero attached hydrogens (tertiary/aromatic N) is 2. The SMILES string of the molecule is C=C/C(=C\C=C/C)CC1CCC(N2C[C@@H]3C(C(=O)N[C@@H]4CCN(C(=O)c5cccc(C(F)(F)CF)c5)C4)[C@@H]3C2)CC1. The van der Waals surface area contributed by atoms with Crippen molar-refractivity contribution in [1.82, 2.24) is 15.1 Å². The van der Waals surface area contributed by atoms with Gasteiger partial charge in [-0.25, -0.2) is 4.39 Å². The molecule has 0 bridgehead atoms. The molecule has 4 fully saturated rings. The lowest BCUT2D eigenvalue weighted by Gasteiger charge is -2.36. The summed E-state index contributed by atoms with van der Waals surface area (Å²) in [4.78, 5) is 30.2. The monoisotopic (exact) mass is 569 g/mol. The Kier molecular flexibility index (Phi) is 9.07. The smallest absolute Gasteiger partial charge is 0.301 e. The summed E-state index contributed by atoms with van der Waals surface area (Å²) < 4.78 is 40.3. The summed E-state index contributed by atoms with van der Waals surface area (Å²) in [6, 6.07) is 5.50. The molecule has 0 aromatic heterocycles. The van der Waals surface area contributed by atoms with Crippen molar-refractivity contribution >= 4 is 11.8 Å². The molecule has 2 heterocycles. The molecule has 2 saturated heterocycles. The van der Waals surface area contributed by atoms with Crippen molar-refractivity contribution < 1.29 is 22.8 Å². The molecule has 4 atom stereocenters. The van der Waals surface area contributed by atoms with Crippen molar-refractivity contribution in [3.05, 3.63) is 71.8 Å². The number of benzene rings is 1. The van der Waals surface area contributed by atoms with E-state index in [0.717, 1.165) is 31.6 Å². The Balaban J connectivity index is 1.04. The molecule has 0 spiro atoms. The molecular formula is C33H42F3N3O2. The third kappa shape index (κ3) is 6.63. The summed E-state index contributed by atoms with van der Waals surface area (Å²) in [5.74, 6) is -2.30. The van der Waals surface area contributed by atoms with Crippen LogP contribution >= 0.6 is 0 Å². The molecule has 1 aromatic carbocycles. The van der Waals surface area contributed by atoms with Gasteiger partial charge in [0.1, 0.15) is 0 Å². The number of carbonyl (C=O) groups is 2. The normalized spacial score (nSPS) is 30.4. The molecular weight excluding hydrogens is 527 g/mol. The van der Waals surface area contributed by atoms with E-state index in [1.807, 2.05) is 19.1 Å². The highest BCUT2D eigenvalue weighted by Gasteiger charge is 2.60. The number of nitrogens with one attached hydrogen (secondary N) is 1. The predicted molar refractivity (Wildman–Crippen MR) is 154 cm³/mol. The van der Waals surface area contributed by atoms with E-state index in [9.17, 15) is 22.8 Å². The number of fused-ring (bicyclic) bond motifs is 1. The second-order valence-electron chi connectivity index (χ2n) is 12.3. The Morgan fingerprint density at radius 2 is 1.83 bits per heavy atom. The lowest BCUT2D eigenvalue weighted by atomic mass is 9.81. The fourth-order valence-electron chi connectivity index (χ4n) is 7.23. The highest BCUT2D eigenvalue weighted by Crippen LogP contribution is 2.53. The zero-order chi connectivity index (χ0) is 29.1. The molecule has 5 nitrogen and oxygen atoms in total. The maximum absolute atomic E-state index is 13.8. The minimum Gasteiger partial charge on any atom is -0.351 e. The van der Waals surface area contributed by atoms with Crippen LogP contribution in [0.4, 0.5) is 13.2 Å². The van der Waals surface area contributed by atoms with Gasteiger partial charge in [-0.2, -0.15) is 8.78 Å². The molecule has 41 heavy (non-hydrogen) atoms. The summed E-state index contributed by atoms with van der Waals surface area (Å²) >= 11 is 0. The Hall–Kier alpha value is -2.87. The molecule has 1 unspecified atom stereocenters. The van der Waals surface area contributed by atoms with Gasteiger partial charge in [-0.05, 0) is 80.9 Å². The molecule has 1 aromatic rings. The van der Waals surface area contributed by atoms with Crippen molar-refractivity contribution in [2.75, 3.05) is 32.9 Å². The second-order valence-corrected chi connectivity index (χ2v) is 12.3. The Morgan fingerprint density at radius 1 is 1.10 bits per heavy atom. The standard InChI is InChI=1S/C33H42F3N3O2/c1-3-5-7-22(4-2)16-23-10-12-27(13-11-23)39-19-28-29(20-39)30(28)31(40)37-26-14-15-38(18-26)32(41)24-8-6-9-25(17-24)33(35,36)21-34/h3-9,17,23,26-30H,2,10-16,18-21H2,1H3,(H,37,40)/b5-3-,22-7+/t23?,26-,27?,28-,29+,30?/m1/s1. The average molecular weight is 570 g/mol. The Morgan fingerprint density at radius 3 is 2.49 bits per heavy atom. The van der Waals surface area contributed by atoms with Crippen LogP contribution in [0.3, 0.4) is 0 Å². The van der Waals surface area contributed by atoms with Gasteiger partial charge in [-0.15, -0.1) is 0 Å². The molecule has 2 aliphatic carbocycles. The number of hydrogen-bond donors (Lipinski definition) is 1. The number of piperidine rings is 1. The molecule has 0 radical (unpaired) electrons. The van der Waals surface area contributed by atoms with Crippen molar-refractivity contribution in [3.63, 3.8) is 0 Å². The molecule has 2 aliphatic heterocycles. The van der Waals surface area contributed by atoms with Gasteiger partial charge in [0, 0.05) is 55.3 Å². The van der Waals surface area contributed by atoms with Crippen molar-refractivity contribution in [1.29, 1.82) is 0 Å². The maximum atomic E-state index is 13.8. The maximum Gasteiger partial charge on any atom is 0.301 e. The first-order valence-corrected chi connectivity index (χ1v) is 15.1. The summed E-state index contributed by atoms with van der Waals surface area (Å²) in [5.41, 5.74) is 0.918. The van der Waals surface area contributed by atoms with Gasteiger partial charge < -0.3 is 10.2 Å². The van der Waals surface area contributed by atoms with Crippen LogP contribution in [0.2, 0.25) is 0 Å². The van der Waals surface area contributed by atoms with Gasteiger partial charge in [-0.1, -0.05) is 43.0 Å². The van der Waals surface area contributed by atoms with E-state index < -0.39 is 18.2 Å². The van der Waals surface area contributed by atoms with E-state index in [0.29, 0.717) is 43.3 Å². The quantitative estimate of drug-likeness (QED) is 0.358.